The Kier molecular flexibility index (Phi) is 7.49. The number of aliphatic hydroxyl groups excluding tert-OH is 1. The van der Waals surface area contributed by atoms with Gasteiger partial charge in [0.2, 0.25) is 5.91 Å². The molecule has 43 heavy (non-hydrogen) atoms. The molecule has 220 valence electrons. The molecular formula is C31H28F2N6O3S. The second-order valence-corrected chi connectivity index (χ2v) is 11.3. The Morgan fingerprint density at radius 2 is 1.98 bits per heavy atom. The van der Waals surface area contributed by atoms with Crippen LogP contribution in [0.1, 0.15) is 31.4 Å². The third-order valence-corrected chi connectivity index (χ3v) is 8.30. The third kappa shape index (κ3) is 5.17. The number of benzene rings is 1. The smallest absolute Gasteiger partial charge is 0.246 e. The molecule has 0 unspecified atom stereocenters. The van der Waals surface area contributed by atoms with E-state index < -0.39 is 17.7 Å². The van der Waals surface area contributed by atoms with E-state index in [1.807, 2.05) is 29.1 Å². The predicted molar refractivity (Wildman–Crippen MR) is 159 cm³/mol. The summed E-state index contributed by atoms with van der Waals surface area (Å²) in [5, 5.41) is 17.3. The van der Waals surface area contributed by atoms with Gasteiger partial charge in [-0.1, -0.05) is 6.58 Å². The van der Waals surface area contributed by atoms with E-state index in [2.05, 4.69) is 16.5 Å². The number of hydrogen-bond donors (Lipinski definition) is 1. The summed E-state index contributed by atoms with van der Waals surface area (Å²) in [6.07, 6.45) is 3.78. The zero-order valence-corrected chi connectivity index (χ0v) is 24.5. The van der Waals surface area contributed by atoms with Gasteiger partial charge in [-0.2, -0.15) is 5.10 Å². The number of aryl methyl sites for hydroxylation is 1. The minimum absolute atomic E-state index is 0.00573. The van der Waals surface area contributed by atoms with Crippen molar-refractivity contribution < 1.29 is 23.4 Å². The van der Waals surface area contributed by atoms with E-state index >= 15 is 4.39 Å². The standard InChI is InChI=1S/C31H28F2N6O3S/c1-5-26(41)38-7-8-39-24(17(38)3)12-23(37-39)30-28(27-22(33)10-20(32)11-25(27)42-15-16(2)40)31-21(6-9-43-31)29(36-30)19-13-34-18(4)35-14-19/h5-6,9-14,16-17,40H,1,7-8,15H2,2-4H3/t16-,17-/m1/s1. The molecule has 4 aromatic heterocycles. The second-order valence-electron chi connectivity index (χ2n) is 10.4. The summed E-state index contributed by atoms with van der Waals surface area (Å²) >= 11 is 1.37. The van der Waals surface area contributed by atoms with E-state index in [9.17, 15) is 14.3 Å². The number of ether oxygens (including phenoxy) is 1. The fourth-order valence-corrected chi connectivity index (χ4v) is 6.28. The largest absolute Gasteiger partial charge is 0.490 e. The first-order chi connectivity index (χ1) is 20.7. The van der Waals surface area contributed by atoms with Crippen LogP contribution in [0.25, 0.3) is 43.9 Å². The molecule has 0 bridgehead atoms. The number of hydrogen-bond acceptors (Lipinski definition) is 8. The molecule has 1 N–H and O–H groups in total. The summed E-state index contributed by atoms with van der Waals surface area (Å²) in [7, 11) is 0. The fourth-order valence-electron chi connectivity index (χ4n) is 5.33. The number of aromatic nitrogens is 5. The highest BCUT2D eigenvalue weighted by atomic mass is 32.1. The van der Waals surface area contributed by atoms with Crippen LogP contribution in [-0.4, -0.2) is 59.9 Å². The first kappa shape index (κ1) is 28.6. The van der Waals surface area contributed by atoms with E-state index in [0.29, 0.717) is 51.8 Å². The van der Waals surface area contributed by atoms with Crippen molar-refractivity contribution in [2.75, 3.05) is 13.2 Å². The van der Waals surface area contributed by atoms with Gasteiger partial charge in [0.05, 0.1) is 35.6 Å². The summed E-state index contributed by atoms with van der Waals surface area (Å²) in [6, 6.07) is 5.32. The zero-order valence-electron chi connectivity index (χ0n) is 23.7. The first-order valence-corrected chi connectivity index (χ1v) is 14.6. The van der Waals surface area contributed by atoms with E-state index in [1.54, 1.807) is 24.2 Å². The average Bonchev–Trinajstić information content (AvgIpc) is 3.64. The number of nitrogens with zero attached hydrogens (tertiary/aromatic N) is 6. The minimum atomic E-state index is -0.870. The number of carbonyl (C=O) groups excluding carboxylic acids is 1. The van der Waals surface area contributed by atoms with Gasteiger partial charge in [-0.05, 0) is 44.4 Å². The summed E-state index contributed by atoms with van der Waals surface area (Å²) in [5.41, 5.74) is 3.18. The Hall–Kier alpha value is -4.55. The molecule has 9 nitrogen and oxygen atoms in total. The van der Waals surface area contributed by atoms with Crippen molar-refractivity contribution in [3.63, 3.8) is 0 Å². The van der Waals surface area contributed by atoms with Crippen molar-refractivity contribution in [2.45, 2.75) is 39.5 Å². The highest BCUT2D eigenvalue weighted by Crippen LogP contribution is 2.47. The SMILES string of the molecule is C=CC(=O)N1CCn2nc(-c3nc(-c4cnc(C)nc4)c4ccsc4c3-c3c(F)cc(F)cc3OC[C@@H](C)O)cc2[C@H]1C. The Bertz CT molecular complexity index is 1870. The van der Waals surface area contributed by atoms with Gasteiger partial charge in [0, 0.05) is 52.3 Å². The van der Waals surface area contributed by atoms with Gasteiger partial charge >= 0.3 is 0 Å². The number of aliphatic hydroxyl groups is 1. The van der Waals surface area contributed by atoms with Gasteiger partial charge in [0.15, 0.2) is 0 Å². The lowest BCUT2D eigenvalue weighted by Gasteiger charge is -2.33. The lowest BCUT2D eigenvalue weighted by Crippen LogP contribution is -2.40. The van der Waals surface area contributed by atoms with Crippen molar-refractivity contribution >= 4 is 27.3 Å². The molecule has 0 saturated heterocycles. The van der Waals surface area contributed by atoms with Crippen LogP contribution in [0.4, 0.5) is 8.78 Å². The van der Waals surface area contributed by atoms with E-state index in [4.69, 9.17) is 14.8 Å². The zero-order chi connectivity index (χ0) is 30.4. The van der Waals surface area contributed by atoms with Crippen molar-refractivity contribution in [2.24, 2.45) is 0 Å². The molecule has 1 aromatic carbocycles. The molecule has 5 heterocycles. The van der Waals surface area contributed by atoms with Crippen molar-refractivity contribution in [1.29, 1.82) is 0 Å². The molecule has 0 fully saturated rings. The maximum atomic E-state index is 15.9. The summed E-state index contributed by atoms with van der Waals surface area (Å²) < 4.78 is 38.6. The Morgan fingerprint density at radius 1 is 1.21 bits per heavy atom. The third-order valence-electron chi connectivity index (χ3n) is 7.37. The quantitative estimate of drug-likeness (QED) is 0.238. The molecule has 1 aliphatic rings. The number of rotatable bonds is 7. The average molecular weight is 603 g/mol. The van der Waals surface area contributed by atoms with Crippen LogP contribution >= 0.6 is 11.3 Å². The summed E-state index contributed by atoms with van der Waals surface area (Å²) in [6.45, 7) is 9.56. The molecule has 6 rings (SSSR count). The monoisotopic (exact) mass is 602 g/mol. The molecule has 0 spiro atoms. The van der Waals surface area contributed by atoms with Crippen molar-refractivity contribution in [1.82, 2.24) is 29.6 Å². The van der Waals surface area contributed by atoms with E-state index in [-0.39, 0.29) is 29.9 Å². The van der Waals surface area contributed by atoms with E-state index in [0.717, 1.165) is 23.2 Å². The van der Waals surface area contributed by atoms with E-state index in [1.165, 1.54) is 24.3 Å². The lowest BCUT2D eigenvalue weighted by molar-refractivity contribution is -0.129. The van der Waals surface area contributed by atoms with Crippen LogP contribution in [0.3, 0.4) is 0 Å². The van der Waals surface area contributed by atoms with Gasteiger partial charge in [-0.3, -0.25) is 9.48 Å². The van der Waals surface area contributed by atoms with Crippen molar-refractivity contribution in [3.8, 4) is 39.5 Å². The number of fused-ring (bicyclic) bond motifs is 2. The number of thiophene rings is 1. The number of carbonyl (C=O) groups is 1. The highest BCUT2D eigenvalue weighted by Gasteiger charge is 2.31. The fraction of sp³-hybridized carbons (Fsp3) is 0.258. The Balaban J connectivity index is 1.64. The van der Waals surface area contributed by atoms with Gasteiger partial charge in [0.1, 0.15) is 41.2 Å². The van der Waals surface area contributed by atoms with Gasteiger partial charge in [0.25, 0.3) is 0 Å². The Labute approximate surface area is 250 Å². The first-order valence-electron chi connectivity index (χ1n) is 13.7. The second kappa shape index (κ2) is 11.3. The van der Waals surface area contributed by atoms with Crippen LogP contribution in [-0.2, 0) is 11.3 Å². The molecule has 12 heteroatoms. The van der Waals surface area contributed by atoms with Crippen LogP contribution in [0.2, 0.25) is 0 Å². The maximum Gasteiger partial charge on any atom is 0.246 e. The minimum Gasteiger partial charge on any atom is -0.490 e. The molecule has 2 atom stereocenters. The van der Waals surface area contributed by atoms with Gasteiger partial charge in [-0.25, -0.2) is 23.7 Å². The predicted octanol–water partition coefficient (Wildman–Crippen LogP) is 5.72. The van der Waals surface area contributed by atoms with Crippen LogP contribution < -0.4 is 4.74 Å². The summed E-state index contributed by atoms with van der Waals surface area (Å²) in [4.78, 5) is 28.0. The Morgan fingerprint density at radius 3 is 2.70 bits per heavy atom. The number of amides is 1. The van der Waals surface area contributed by atoms with Crippen LogP contribution in [0, 0.1) is 18.6 Å². The normalized spacial score (nSPS) is 15.4. The highest BCUT2D eigenvalue weighted by molar-refractivity contribution is 7.18. The van der Waals surface area contributed by atoms with Crippen molar-refractivity contribution in [3.05, 3.63) is 77.8 Å². The molecular weight excluding hydrogens is 574 g/mol. The van der Waals surface area contributed by atoms with Gasteiger partial charge < -0.3 is 14.7 Å². The topological polar surface area (TPSA) is 106 Å². The molecule has 1 aliphatic heterocycles. The molecule has 5 aromatic rings. The van der Waals surface area contributed by atoms with Gasteiger partial charge in [-0.15, -0.1) is 11.3 Å². The summed E-state index contributed by atoms with van der Waals surface area (Å²) in [5.74, 6) is -1.31. The molecule has 0 saturated carbocycles. The van der Waals surface area contributed by atoms with Crippen LogP contribution in [0.15, 0.2) is 54.7 Å². The molecule has 0 radical (unpaired) electrons. The number of pyridine rings is 1. The number of halogens is 2. The maximum absolute atomic E-state index is 15.9. The molecule has 0 aliphatic carbocycles. The van der Waals surface area contributed by atoms with Crippen LogP contribution in [0.5, 0.6) is 5.75 Å². The molecule has 1 amide bonds. The lowest BCUT2D eigenvalue weighted by atomic mass is 9.96.